The fraction of sp³-hybridized carbons (Fsp3) is 0.222. The molecule has 0 aliphatic carbocycles. The SMILES string of the molecule is COc1ccc(CSc2nnc(-c3ccc(C)cc3)n2C)cc1. The van der Waals surface area contributed by atoms with Gasteiger partial charge in [-0.05, 0) is 24.6 Å². The smallest absolute Gasteiger partial charge is 0.191 e. The van der Waals surface area contributed by atoms with Crippen molar-refractivity contribution in [2.75, 3.05) is 7.11 Å². The zero-order chi connectivity index (χ0) is 16.2. The van der Waals surface area contributed by atoms with Gasteiger partial charge >= 0.3 is 0 Å². The van der Waals surface area contributed by atoms with Gasteiger partial charge in [0.05, 0.1) is 7.11 Å². The molecule has 0 saturated carbocycles. The molecule has 0 aliphatic heterocycles. The fourth-order valence-electron chi connectivity index (χ4n) is 2.26. The first-order valence-electron chi connectivity index (χ1n) is 7.39. The van der Waals surface area contributed by atoms with Crippen LogP contribution in [0.15, 0.2) is 53.7 Å². The van der Waals surface area contributed by atoms with Crippen LogP contribution in [0.1, 0.15) is 11.1 Å². The van der Waals surface area contributed by atoms with Gasteiger partial charge in [0.25, 0.3) is 0 Å². The number of aromatic nitrogens is 3. The number of hydrogen-bond acceptors (Lipinski definition) is 4. The van der Waals surface area contributed by atoms with Gasteiger partial charge in [0, 0.05) is 18.4 Å². The Balaban J connectivity index is 1.72. The molecule has 0 atom stereocenters. The molecule has 3 aromatic rings. The largest absolute Gasteiger partial charge is 0.497 e. The molecule has 0 saturated heterocycles. The number of thioether (sulfide) groups is 1. The Kier molecular flexibility index (Phi) is 4.67. The van der Waals surface area contributed by atoms with Crippen LogP contribution in [0.3, 0.4) is 0 Å². The molecule has 0 N–H and O–H groups in total. The highest BCUT2D eigenvalue weighted by Crippen LogP contribution is 2.26. The number of benzene rings is 2. The van der Waals surface area contributed by atoms with Crippen molar-refractivity contribution in [3.05, 3.63) is 59.7 Å². The van der Waals surface area contributed by atoms with Crippen LogP contribution in [0.4, 0.5) is 0 Å². The molecule has 0 aliphatic rings. The van der Waals surface area contributed by atoms with Gasteiger partial charge in [-0.25, -0.2) is 0 Å². The van der Waals surface area contributed by atoms with Crippen LogP contribution in [0, 0.1) is 6.92 Å². The Bertz CT molecular complexity index is 779. The molecule has 1 aromatic heterocycles. The van der Waals surface area contributed by atoms with Crippen molar-refractivity contribution < 1.29 is 4.74 Å². The second kappa shape index (κ2) is 6.87. The van der Waals surface area contributed by atoms with E-state index in [-0.39, 0.29) is 0 Å². The molecule has 0 fully saturated rings. The van der Waals surface area contributed by atoms with E-state index in [1.165, 1.54) is 11.1 Å². The van der Waals surface area contributed by atoms with Crippen molar-refractivity contribution in [2.24, 2.45) is 7.05 Å². The van der Waals surface area contributed by atoms with Crippen LogP contribution in [-0.2, 0) is 12.8 Å². The van der Waals surface area contributed by atoms with Crippen LogP contribution in [-0.4, -0.2) is 21.9 Å². The third-order valence-corrected chi connectivity index (χ3v) is 4.76. The van der Waals surface area contributed by atoms with E-state index in [4.69, 9.17) is 4.74 Å². The molecule has 3 rings (SSSR count). The molecule has 0 bridgehead atoms. The lowest BCUT2D eigenvalue weighted by Gasteiger charge is -2.05. The van der Waals surface area contributed by atoms with Crippen LogP contribution >= 0.6 is 11.8 Å². The summed E-state index contributed by atoms with van der Waals surface area (Å²) in [5.41, 5.74) is 3.56. The van der Waals surface area contributed by atoms with E-state index >= 15 is 0 Å². The first-order valence-corrected chi connectivity index (χ1v) is 8.38. The second-order valence-corrected chi connectivity index (χ2v) is 6.31. The van der Waals surface area contributed by atoms with Gasteiger partial charge in [0.1, 0.15) is 5.75 Å². The average Bonchev–Trinajstić information content (AvgIpc) is 2.95. The molecule has 0 amide bonds. The van der Waals surface area contributed by atoms with Gasteiger partial charge in [-0.2, -0.15) is 0 Å². The maximum atomic E-state index is 5.18. The van der Waals surface area contributed by atoms with Gasteiger partial charge < -0.3 is 9.30 Å². The molecule has 2 aromatic carbocycles. The van der Waals surface area contributed by atoms with E-state index in [0.29, 0.717) is 0 Å². The normalized spacial score (nSPS) is 10.7. The Morgan fingerprint density at radius 3 is 2.35 bits per heavy atom. The van der Waals surface area contributed by atoms with E-state index in [0.717, 1.165) is 28.0 Å². The molecule has 118 valence electrons. The standard InChI is InChI=1S/C18H19N3OS/c1-13-4-8-15(9-5-13)17-19-20-18(21(17)2)23-12-14-6-10-16(22-3)11-7-14/h4-11H,12H2,1-3H3. The zero-order valence-corrected chi connectivity index (χ0v) is 14.3. The molecule has 23 heavy (non-hydrogen) atoms. The van der Waals surface area contributed by atoms with Crippen molar-refractivity contribution in [3.8, 4) is 17.1 Å². The minimum Gasteiger partial charge on any atom is -0.497 e. The number of methoxy groups -OCH3 is 1. The Morgan fingerprint density at radius 2 is 1.70 bits per heavy atom. The average molecular weight is 325 g/mol. The molecule has 0 unspecified atom stereocenters. The summed E-state index contributed by atoms with van der Waals surface area (Å²) in [6.07, 6.45) is 0. The summed E-state index contributed by atoms with van der Waals surface area (Å²) in [6, 6.07) is 16.4. The van der Waals surface area contributed by atoms with E-state index in [9.17, 15) is 0 Å². The van der Waals surface area contributed by atoms with E-state index < -0.39 is 0 Å². The number of ether oxygens (including phenoxy) is 1. The lowest BCUT2D eigenvalue weighted by Crippen LogP contribution is -1.95. The highest BCUT2D eigenvalue weighted by Gasteiger charge is 2.11. The highest BCUT2D eigenvalue weighted by atomic mass is 32.2. The monoisotopic (exact) mass is 325 g/mol. The summed E-state index contributed by atoms with van der Waals surface area (Å²) >= 11 is 1.68. The minimum absolute atomic E-state index is 0.851. The van der Waals surface area contributed by atoms with Crippen LogP contribution in [0.25, 0.3) is 11.4 Å². The van der Waals surface area contributed by atoms with Gasteiger partial charge in [-0.3, -0.25) is 0 Å². The quantitative estimate of drug-likeness (QED) is 0.662. The maximum absolute atomic E-state index is 5.18. The minimum atomic E-state index is 0.851. The lowest BCUT2D eigenvalue weighted by atomic mass is 10.1. The third-order valence-electron chi connectivity index (χ3n) is 3.67. The highest BCUT2D eigenvalue weighted by molar-refractivity contribution is 7.98. The van der Waals surface area contributed by atoms with Crippen LogP contribution < -0.4 is 4.74 Å². The summed E-state index contributed by atoms with van der Waals surface area (Å²) in [4.78, 5) is 0. The Morgan fingerprint density at radius 1 is 1.00 bits per heavy atom. The number of rotatable bonds is 5. The summed E-state index contributed by atoms with van der Waals surface area (Å²) in [6.45, 7) is 2.08. The molecule has 5 heteroatoms. The van der Waals surface area contributed by atoms with Crippen molar-refractivity contribution in [2.45, 2.75) is 17.8 Å². The zero-order valence-electron chi connectivity index (χ0n) is 13.5. The number of hydrogen-bond donors (Lipinski definition) is 0. The second-order valence-electron chi connectivity index (χ2n) is 5.37. The van der Waals surface area contributed by atoms with Gasteiger partial charge in [0.2, 0.25) is 0 Å². The van der Waals surface area contributed by atoms with Gasteiger partial charge in [-0.15, -0.1) is 10.2 Å². The molecular formula is C18H19N3OS. The maximum Gasteiger partial charge on any atom is 0.191 e. The van der Waals surface area contributed by atoms with Gasteiger partial charge in [-0.1, -0.05) is 53.7 Å². The van der Waals surface area contributed by atoms with Crippen molar-refractivity contribution >= 4 is 11.8 Å². The predicted octanol–water partition coefficient (Wildman–Crippen LogP) is 4.09. The third kappa shape index (κ3) is 3.56. The van der Waals surface area contributed by atoms with Crippen molar-refractivity contribution in [3.63, 3.8) is 0 Å². The first-order chi connectivity index (χ1) is 11.2. The Hall–Kier alpha value is -2.27. The topological polar surface area (TPSA) is 39.9 Å². The molecular weight excluding hydrogens is 306 g/mol. The number of aryl methyl sites for hydroxylation is 1. The summed E-state index contributed by atoms with van der Waals surface area (Å²) in [5.74, 6) is 2.62. The summed E-state index contributed by atoms with van der Waals surface area (Å²) in [7, 11) is 3.68. The first kappa shape index (κ1) is 15.6. The molecule has 4 nitrogen and oxygen atoms in total. The Labute approximate surface area is 140 Å². The van der Waals surface area contributed by atoms with E-state index in [2.05, 4.69) is 53.5 Å². The van der Waals surface area contributed by atoms with Crippen LogP contribution in [0.2, 0.25) is 0 Å². The van der Waals surface area contributed by atoms with Crippen molar-refractivity contribution in [1.29, 1.82) is 0 Å². The summed E-state index contributed by atoms with van der Waals surface area (Å²) < 4.78 is 7.22. The van der Waals surface area contributed by atoms with Crippen LogP contribution in [0.5, 0.6) is 5.75 Å². The van der Waals surface area contributed by atoms with Crippen molar-refractivity contribution in [1.82, 2.24) is 14.8 Å². The van der Waals surface area contributed by atoms with Gasteiger partial charge in [0.15, 0.2) is 11.0 Å². The molecule has 0 spiro atoms. The predicted molar refractivity (Wildman–Crippen MR) is 93.7 cm³/mol. The molecule has 0 radical (unpaired) electrons. The lowest BCUT2D eigenvalue weighted by molar-refractivity contribution is 0.414. The summed E-state index contributed by atoms with van der Waals surface area (Å²) in [5, 5.41) is 9.56. The van der Waals surface area contributed by atoms with E-state index in [1.807, 2.05) is 23.7 Å². The fourth-order valence-corrected chi connectivity index (χ4v) is 3.13. The molecule has 1 heterocycles. The van der Waals surface area contributed by atoms with E-state index in [1.54, 1.807) is 18.9 Å². The number of nitrogens with zero attached hydrogens (tertiary/aromatic N) is 3.